The minimum atomic E-state index is -4.40. The van der Waals surface area contributed by atoms with Crippen LogP contribution in [0.3, 0.4) is 0 Å². The first-order valence-electron chi connectivity index (χ1n) is 6.72. The van der Waals surface area contributed by atoms with E-state index in [0.29, 0.717) is 18.9 Å². The van der Waals surface area contributed by atoms with Gasteiger partial charge in [0.2, 0.25) is 0 Å². The van der Waals surface area contributed by atoms with Crippen molar-refractivity contribution in [1.29, 1.82) is 0 Å². The van der Waals surface area contributed by atoms with E-state index >= 15 is 0 Å². The number of rotatable bonds is 3. The molecule has 0 aliphatic carbocycles. The van der Waals surface area contributed by atoms with E-state index in [9.17, 15) is 13.2 Å². The lowest BCUT2D eigenvalue weighted by atomic mass is 10.3. The van der Waals surface area contributed by atoms with Crippen molar-refractivity contribution in [2.45, 2.75) is 12.6 Å². The fraction of sp³-hybridized carbons (Fsp3) is 0.615. The van der Waals surface area contributed by atoms with Crippen LogP contribution in [0.1, 0.15) is 12.1 Å². The molecular formula is C13H19F3N4. The van der Waals surface area contributed by atoms with Gasteiger partial charge in [-0.1, -0.05) is 6.07 Å². The third-order valence-corrected chi connectivity index (χ3v) is 3.38. The summed E-state index contributed by atoms with van der Waals surface area (Å²) in [4.78, 5) is 7.88. The van der Waals surface area contributed by atoms with Crippen LogP contribution in [0.15, 0.2) is 18.2 Å². The molecule has 0 radical (unpaired) electrons. The SMILES string of the molecule is NCCN1CCCN(c2cccc(C(F)(F)F)n2)CC1. The number of alkyl halides is 3. The Kier molecular flexibility index (Phi) is 4.82. The Labute approximate surface area is 116 Å². The molecule has 1 aromatic rings. The number of nitrogens with zero attached hydrogens (tertiary/aromatic N) is 3. The predicted molar refractivity (Wildman–Crippen MR) is 71.6 cm³/mol. The molecule has 2 N–H and O–H groups in total. The molecule has 1 aromatic heterocycles. The number of halogens is 3. The molecule has 112 valence electrons. The van der Waals surface area contributed by atoms with Crippen molar-refractivity contribution in [3.05, 3.63) is 23.9 Å². The predicted octanol–water partition coefficient (Wildman–Crippen LogP) is 1.57. The van der Waals surface area contributed by atoms with Crippen molar-refractivity contribution in [3.63, 3.8) is 0 Å². The second-order valence-electron chi connectivity index (χ2n) is 4.85. The van der Waals surface area contributed by atoms with Crippen molar-refractivity contribution < 1.29 is 13.2 Å². The first-order chi connectivity index (χ1) is 9.50. The lowest BCUT2D eigenvalue weighted by Gasteiger charge is -2.23. The average Bonchev–Trinajstić information content (AvgIpc) is 2.64. The molecule has 0 unspecified atom stereocenters. The van der Waals surface area contributed by atoms with E-state index in [0.717, 1.165) is 38.7 Å². The monoisotopic (exact) mass is 288 g/mol. The smallest absolute Gasteiger partial charge is 0.355 e. The van der Waals surface area contributed by atoms with Crippen LogP contribution in [-0.4, -0.2) is 49.2 Å². The topological polar surface area (TPSA) is 45.4 Å². The van der Waals surface area contributed by atoms with Crippen LogP contribution >= 0.6 is 0 Å². The number of anilines is 1. The minimum Gasteiger partial charge on any atom is -0.355 e. The van der Waals surface area contributed by atoms with E-state index in [1.54, 1.807) is 6.07 Å². The summed E-state index contributed by atoms with van der Waals surface area (Å²) in [6.45, 7) is 4.54. The highest BCUT2D eigenvalue weighted by atomic mass is 19.4. The highest BCUT2D eigenvalue weighted by Gasteiger charge is 2.32. The van der Waals surface area contributed by atoms with E-state index in [1.807, 2.05) is 4.90 Å². The van der Waals surface area contributed by atoms with Crippen LogP contribution in [0.5, 0.6) is 0 Å². The second-order valence-corrected chi connectivity index (χ2v) is 4.85. The number of hydrogen-bond donors (Lipinski definition) is 1. The van der Waals surface area contributed by atoms with Gasteiger partial charge in [-0.2, -0.15) is 13.2 Å². The first-order valence-corrected chi connectivity index (χ1v) is 6.72. The van der Waals surface area contributed by atoms with Gasteiger partial charge in [-0.15, -0.1) is 0 Å². The third kappa shape index (κ3) is 3.83. The molecule has 4 nitrogen and oxygen atoms in total. The number of hydrogen-bond acceptors (Lipinski definition) is 4. The van der Waals surface area contributed by atoms with Crippen molar-refractivity contribution in [2.75, 3.05) is 44.2 Å². The lowest BCUT2D eigenvalue weighted by Crippen LogP contribution is -2.34. The molecule has 0 aromatic carbocycles. The molecule has 0 saturated carbocycles. The van der Waals surface area contributed by atoms with Gasteiger partial charge in [0.25, 0.3) is 0 Å². The second kappa shape index (κ2) is 6.41. The maximum Gasteiger partial charge on any atom is 0.433 e. The summed E-state index contributed by atoms with van der Waals surface area (Å²) in [5, 5.41) is 0. The fourth-order valence-electron chi connectivity index (χ4n) is 2.36. The molecule has 20 heavy (non-hydrogen) atoms. The van der Waals surface area contributed by atoms with Crippen molar-refractivity contribution in [3.8, 4) is 0 Å². The summed E-state index contributed by atoms with van der Waals surface area (Å²) >= 11 is 0. The van der Waals surface area contributed by atoms with Crippen molar-refractivity contribution in [1.82, 2.24) is 9.88 Å². The van der Waals surface area contributed by atoms with Crippen LogP contribution in [0.2, 0.25) is 0 Å². The average molecular weight is 288 g/mol. The van der Waals surface area contributed by atoms with Crippen LogP contribution in [0, 0.1) is 0 Å². The maximum atomic E-state index is 12.7. The molecule has 0 amide bonds. The minimum absolute atomic E-state index is 0.398. The molecule has 1 fully saturated rings. The van der Waals surface area contributed by atoms with E-state index in [-0.39, 0.29) is 0 Å². The van der Waals surface area contributed by atoms with Crippen molar-refractivity contribution >= 4 is 5.82 Å². The molecule has 0 bridgehead atoms. The molecular weight excluding hydrogens is 269 g/mol. The number of nitrogens with two attached hydrogens (primary N) is 1. The van der Waals surface area contributed by atoms with Gasteiger partial charge in [-0.05, 0) is 25.1 Å². The summed E-state index contributed by atoms with van der Waals surface area (Å²) < 4.78 is 38.0. The van der Waals surface area contributed by atoms with Gasteiger partial charge in [0.1, 0.15) is 11.5 Å². The Morgan fingerprint density at radius 1 is 1.15 bits per heavy atom. The summed E-state index contributed by atoms with van der Waals surface area (Å²) in [6.07, 6.45) is -3.49. The quantitative estimate of drug-likeness (QED) is 0.917. The zero-order valence-corrected chi connectivity index (χ0v) is 11.2. The van der Waals surface area contributed by atoms with Gasteiger partial charge < -0.3 is 15.5 Å². The van der Waals surface area contributed by atoms with Crippen molar-refractivity contribution in [2.24, 2.45) is 5.73 Å². The highest BCUT2D eigenvalue weighted by Crippen LogP contribution is 2.29. The largest absolute Gasteiger partial charge is 0.433 e. The summed E-state index contributed by atoms with van der Waals surface area (Å²) in [6, 6.07) is 4.05. The van der Waals surface area contributed by atoms with Crippen LogP contribution in [0.25, 0.3) is 0 Å². The zero-order valence-electron chi connectivity index (χ0n) is 11.2. The normalized spacial score (nSPS) is 18.1. The van der Waals surface area contributed by atoms with E-state index in [1.165, 1.54) is 6.07 Å². The summed E-state index contributed by atoms with van der Waals surface area (Å²) in [5.41, 5.74) is 4.70. The molecule has 2 heterocycles. The molecule has 0 atom stereocenters. The van der Waals surface area contributed by atoms with Gasteiger partial charge in [0.15, 0.2) is 0 Å². The zero-order chi connectivity index (χ0) is 14.6. The van der Waals surface area contributed by atoms with Crippen LogP contribution < -0.4 is 10.6 Å². The van der Waals surface area contributed by atoms with E-state index in [2.05, 4.69) is 9.88 Å². The van der Waals surface area contributed by atoms with Crippen LogP contribution in [0.4, 0.5) is 19.0 Å². The standard InChI is InChI=1S/C13H19F3N4/c14-13(15,16)11-3-1-4-12(18-11)20-7-2-6-19(8-5-17)9-10-20/h1,3-4H,2,5-10,17H2. The third-order valence-electron chi connectivity index (χ3n) is 3.38. The van der Waals surface area contributed by atoms with Gasteiger partial charge in [-0.25, -0.2) is 4.98 Å². The summed E-state index contributed by atoms with van der Waals surface area (Å²) in [7, 11) is 0. The van der Waals surface area contributed by atoms with Gasteiger partial charge >= 0.3 is 6.18 Å². The van der Waals surface area contributed by atoms with Gasteiger partial charge in [-0.3, -0.25) is 0 Å². The molecule has 1 aliphatic rings. The maximum absolute atomic E-state index is 12.7. The molecule has 2 rings (SSSR count). The van der Waals surface area contributed by atoms with Gasteiger partial charge in [0, 0.05) is 32.7 Å². The lowest BCUT2D eigenvalue weighted by molar-refractivity contribution is -0.141. The highest BCUT2D eigenvalue weighted by molar-refractivity contribution is 5.40. The Bertz CT molecular complexity index is 436. The number of aromatic nitrogens is 1. The number of pyridine rings is 1. The van der Waals surface area contributed by atoms with E-state index in [4.69, 9.17) is 5.73 Å². The summed E-state index contributed by atoms with van der Waals surface area (Å²) in [5.74, 6) is 0.398. The Balaban J connectivity index is 2.08. The fourth-order valence-corrected chi connectivity index (χ4v) is 2.36. The molecule has 1 aliphatic heterocycles. The molecule has 7 heteroatoms. The Hall–Kier alpha value is -1.34. The Morgan fingerprint density at radius 3 is 2.65 bits per heavy atom. The van der Waals surface area contributed by atoms with Crippen LogP contribution in [-0.2, 0) is 6.18 Å². The van der Waals surface area contributed by atoms with Gasteiger partial charge in [0.05, 0.1) is 0 Å². The first kappa shape index (κ1) is 15.1. The van der Waals surface area contributed by atoms with E-state index < -0.39 is 11.9 Å². The molecule has 0 spiro atoms. The molecule has 1 saturated heterocycles. The Morgan fingerprint density at radius 2 is 1.95 bits per heavy atom.